The topological polar surface area (TPSA) is 52.0 Å². The highest BCUT2D eigenvalue weighted by molar-refractivity contribution is 5.45. The molecule has 0 radical (unpaired) electrons. The Kier molecular flexibility index (Phi) is 6.81. The van der Waals surface area contributed by atoms with Crippen molar-refractivity contribution in [1.82, 2.24) is 0 Å². The largest absolute Gasteiger partial charge is 0.322 e. The molecule has 2 nitrogen and oxygen atoms in total. The summed E-state index contributed by atoms with van der Waals surface area (Å²) in [5.41, 5.74) is 18.8. The van der Waals surface area contributed by atoms with Crippen molar-refractivity contribution in [3.05, 3.63) is 143 Å². The molecule has 0 spiro atoms. The number of hydrogen-bond acceptors (Lipinski definition) is 2. The second-order valence-electron chi connectivity index (χ2n) is 7.53. The van der Waals surface area contributed by atoms with Crippen LogP contribution in [0.15, 0.2) is 109 Å². The number of nitrogens with two attached hydrogens (primary N) is 2. The maximum absolute atomic E-state index is 6.47. The maximum atomic E-state index is 6.47. The van der Waals surface area contributed by atoms with E-state index in [9.17, 15) is 0 Å². The monoisotopic (exact) mass is 412 g/mol. The van der Waals surface area contributed by atoms with Gasteiger partial charge in [0.15, 0.2) is 0 Å². The van der Waals surface area contributed by atoms with Crippen LogP contribution < -0.4 is 11.5 Å². The van der Waals surface area contributed by atoms with Crippen LogP contribution >= 0.6 is 0 Å². The van der Waals surface area contributed by atoms with Crippen LogP contribution in [0.5, 0.6) is 0 Å². The van der Waals surface area contributed by atoms with E-state index in [1.165, 1.54) is 0 Å². The van der Waals surface area contributed by atoms with E-state index in [0.29, 0.717) is 0 Å². The predicted octanol–water partition coefficient (Wildman–Crippen LogP) is 5.19. The quantitative estimate of drug-likeness (QED) is 0.455. The molecule has 4 aromatic carbocycles. The van der Waals surface area contributed by atoms with E-state index in [0.717, 1.165) is 33.4 Å². The van der Waals surface area contributed by atoms with Crippen LogP contribution in [-0.2, 0) is 0 Å². The minimum absolute atomic E-state index is 0.313. The van der Waals surface area contributed by atoms with Crippen molar-refractivity contribution < 1.29 is 0 Å². The van der Waals surface area contributed by atoms with Crippen molar-refractivity contribution in [1.29, 1.82) is 0 Å². The third-order valence-corrected chi connectivity index (χ3v) is 5.23. The molecule has 0 fully saturated rings. The molecule has 0 heterocycles. The van der Waals surface area contributed by atoms with Gasteiger partial charge in [0.05, 0.1) is 0 Å². The first-order valence-electron chi connectivity index (χ1n) is 10.5. The Labute approximate surface area is 189 Å². The summed E-state index contributed by atoms with van der Waals surface area (Å²) in [5.74, 6) is 12.7. The van der Waals surface area contributed by atoms with Crippen molar-refractivity contribution in [3.63, 3.8) is 0 Å². The SMILES string of the molecule is N[C@@H](c1ccc(C#Cc2ccccc2)cc1)[C@@H](N)c1ccc(C#Cc2ccccc2)cc1. The van der Waals surface area contributed by atoms with Gasteiger partial charge in [-0.25, -0.2) is 0 Å². The third kappa shape index (κ3) is 5.54. The Hall–Kier alpha value is -4.08. The van der Waals surface area contributed by atoms with Crippen LogP contribution in [0.4, 0.5) is 0 Å². The number of rotatable bonds is 3. The van der Waals surface area contributed by atoms with Crippen LogP contribution in [0.1, 0.15) is 45.5 Å². The average Bonchev–Trinajstić information content (AvgIpc) is 2.87. The van der Waals surface area contributed by atoms with Crippen LogP contribution in [0.25, 0.3) is 0 Å². The fourth-order valence-electron chi connectivity index (χ4n) is 3.32. The lowest BCUT2D eigenvalue weighted by atomic mass is 9.93. The molecule has 0 unspecified atom stereocenters. The first-order chi connectivity index (χ1) is 15.7. The zero-order valence-corrected chi connectivity index (χ0v) is 17.7. The smallest absolute Gasteiger partial charge is 0.0491 e. The van der Waals surface area contributed by atoms with Crippen molar-refractivity contribution in [3.8, 4) is 23.7 Å². The van der Waals surface area contributed by atoms with E-state index in [4.69, 9.17) is 11.5 Å². The molecule has 154 valence electrons. The zero-order valence-electron chi connectivity index (χ0n) is 17.7. The molecule has 2 atom stereocenters. The standard InChI is InChI=1S/C30H24N2/c31-29(27-19-15-25(16-20-27)13-11-23-7-3-1-4-8-23)30(32)28-21-17-26(18-22-28)14-12-24-9-5-2-6-10-24/h1-10,15-22,29-30H,31-32H2/t29-,30-/m0/s1. The van der Waals surface area contributed by atoms with Gasteiger partial charge in [0.2, 0.25) is 0 Å². The van der Waals surface area contributed by atoms with Crippen molar-refractivity contribution in [2.24, 2.45) is 11.5 Å². The van der Waals surface area contributed by atoms with Gasteiger partial charge in [-0.1, -0.05) is 84.3 Å². The lowest BCUT2D eigenvalue weighted by Gasteiger charge is -2.21. The van der Waals surface area contributed by atoms with Crippen molar-refractivity contribution in [2.75, 3.05) is 0 Å². The molecule has 0 aliphatic carbocycles. The number of benzene rings is 4. The van der Waals surface area contributed by atoms with Crippen molar-refractivity contribution in [2.45, 2.75) is 12.1 Å². The van der Waals surface area contributed by atoms with E-state index in [1.54, 1.807) is 0 Å². The van der Waals surface area contributed by atoms with Crippen molar-refractivity contribution >= 4 is 0 Å². The molecule has 4 rings (SSSR count). The summed E-state index contributed by atoms with van der Waals surface area (Å²) in [6, 6.07) is 35.2. The lowest BCUT2D eigenvalue weighted by molar-refractivity contribution is 0.574. The molecule has 4 aromatic rings. The molecule has 0 saturated carbocycles. The summed E-state index contributed by atoms with van der Waals surface area (Å²) in [7, 11) is 0. The fourth-order valence-corrected chi connectivity index (χ4v) is 3.32. The summed E-state index contributed by atoms with van der Waals surface area (Å²) in [4.78, 5) is 0. The lowest BCUT2D eigenvalue weighted by Crippen LogP contribution is -2.26. The normalized spacial score (nSPS) is 11.9. The zero-order chi connectivity index (χ0) is 22.2. The fraction of sp³-hybridized carbons (Fsp3) is 0.0667. The molecule has 32 heavy (non-hydrogen) atoms. The Morgan fingerprint density at radius 1 is 0.375 bits per heavy atom. The second-order valence-corrected chi connectivity index (χ2v) is 7.53. The summed E-state index contributed by atoms with van der Waals surface area (Å²) in [6.45, 7) is 0. The first-order valence-corrected chi connectivity index (χ1v) is 10.5. The van der Waals surface area contributed by atoms with E-state index in [-0.39, 0.29) is 12.1 Å². The van der Waals surface area contributed by atoms with Crippen LogP contribution in [-0.4, -0.2) is 0 Å². The summed E-state index contributed by atoms with van der Waals surface area (Å²) < 4.78 is 0. The van der Waals surface area contributed by atoms with Gasteiger partial charge >= 0.3 is 0 Å². The molecule has 4 N–H and O–H groups in total. The molecule has 2 heteroatoms. The van der Waals surface area contributed by atoms with Gasteiger partial charge in [-0.15, -0.1) is 0 Å². The Morgan fingerprint density at radius 3 is 0.969 bits per heavy atom. The molecule has 0 amide bonds. The maximum Gasteiger partial charge on any atom is 0.0491 e. The Bertz CT molecular complexity index is 1160. The van der Waals surface area contributed by atoms with E-state index in [2.05, 4.69) is 23.7 Å². The highest BCUT2D eigenvalue weighted by atomic mass is 14.8. The molecule has 0 aliphatic rings. The van der Waals surface area contributed by atoms with Gasteiger partial charge in [-0.3, -0.25) is 0 Å². The Morgan fingerprint density at radius 2 is 0.656 bits per heavy atom. The molecule has 0 aromatic heterocycles. The first kappa shape index (κ1) is 21.2. The van der Waals surface area contributed by atoms with Crippen LogP contribution in [0.3, 0.4) is 0 Å². The third-order valence-electron chi connectivity index (χ3n) is 5.23. The van der Waals surface area contributed by atoms with Crippen LogP contribution in [0.2, 0.25) is 0 Å². The Balaban J connectivity index is 1.42. The van der Waals surface area contributed by atoms with E-state index >= 15 is 0 Å². The van der Waals surface area contributed by atoms with Crippen LogP contribution in [0, 0.1) is 23.7 Å². The van der Waals surface area contributed by atoms with E-state index in [1.807, 2.05) is 109 Å². The minimum atomic E-state index is -0.313. The summed E-state index contributed by atoms with van der Waals surface area (Å²) >= 11 is 0. The molecule has 0 saturated heterocycles. The van der Waals surface area contributed by atoms with Gasteiger partial charge < -0.3 is 11.5 Å². The predicted molar refractivity (Wildman–Crippen MR) is 132 cm³/mol. The summed E-state index contributed by atoms with van der Waals surface area (Å²) in [6.07, 6.45) is 0. The van der Waals surface area contributed by atoms with Gasteiger partial charge in [-0.2, -0.15) is 0 Å². The molecular formula is C30H24N2. The highest BCUT2D eigenvalue weighted by Gasteiger charge is 2.17. The van der Waals surface area contributed by atoms with E-state index < -0.39 is 0 Å². The van der Waals surface area contributed by atoms with Gasteiger partial charge in [0, 0.05) is 34.3 Å². The van der Waals surface area contributed by atoms with Gasteiger partial charge in [-0.05, 0) is 59.7 Å². The number of hydrogen-bond donors (Lipinski definition) is 2. The second kappa shape index (κ2) is 10.3. The average molecular weight is 413 g/mol. The summed E-state index contributed by atoms with van der Waals surface area (Å²) in [5, 5.41) is 0. The molecule has 0 aliphatic heterocycles. The minimum Gasteiger partial charge on any atom is -0.322 e. The van der Waals surface area contributed by atoms with Gasteiger partial charge in [0.1, 0.15) is 0 Å². The molecular weight excluding hydrogens is 388 g/mol. The molecule has 0 bridgehead atoms. The van der Waals surface area contributed by atoms with Gasteiger partial charge in [0.25, 0.3) is 0 Å². The highest BCUT2D eigenvalue weighted by Crippen LogP contribution is 2.25.